The molecule has 1 heterocycles. The minimum atomic E-state index is -0.275. The van der Waals surface area contributed by atoms with Gasteiger partial charge < -0.3 is 15.0 Å². The third kappa shape index (κ3) is 4.63. The summed E-state index contributed by atoms with van der Waals surface area (Å²) in [6.45, 7) is 0.392. The molecule has 0 bridgehead atoms. The lowest BCUT2D eigenvalue weighted by Crippen LogP contribution is -2.34. The molecule has 0 spiro atoms. The van der Waals surface area contributed by atoms with E-state index in [0.29, 0.717) is 35.8 Å². The number of hydrogen-bond donors (Lipinski definition) is 1. The van der Waals surface area contributed by atoms with Crippen molar-refractivity contribution in [2.24, 2.45) is 0 Å². The van der Waals surface area contributed by atoms with Gasteiger partial charge in [0, 0.05) is 17.8 Å². The van der Waals surface area contributed by atoms with E-state index in [4.69, 9.17) is 16.3 Å². The number of hydrogen-bond acceptors (Lipinski definition) is 3. The molecule has 0 saturated heterocycles. The first-order valence-corrected chi connectivity index (χ1v) is 10.1. The summed E-state index contributed by atoms with van der Waals surface area (Å²) in [5.74, 6) is 0.300. The van der Waals surface area contributed by atoms with Crippen LogP contribution >= 0.6 is 11.6 Å². The van der Waals surface area contributed by atoms with Crippen molar-refractivity contribution in [3.8, 4) is 5.75 Å². The second-order valence-electron chi connectivity index (χ2n) is 7.08. The van der Waals surface area contributed by atoms with Gasteiger partial charge in [-0.05, 0) is 47.9 Å². The summed E-state index contributed by atoms with van der Waals surface area (Å²) in [7, 11) is 0. The van der Waals surface area contributed by atoms with Gasteiger partial charge in [-0.15, -0.1) is 0 Å². The molecule has 1 N–H and O–H groups in total. The van der Waals surface area contributed by atoms with E-state index in [-0.39, 0.29) is 18.4 Å². The van der Waals surface area contributed by atoms with E-state index in [9.17, 15) is 9.59 Å². The van der Waals surface area contributed by atoms with Gasteiger partial charge in [-0.1, -0.05) is 54.1 Å². The van der Waals surface area contributed by atoms with Gasteiger partial charge in [0.15, 0.2) is 6.61 Å². The van der Waals surface area contributed by atoms with Crippen molar-refractivity contribution in [1.29, 1.82) is 0 Å². The fraction of sp³-hybridized carbons (Fsp3) is 0.167. The molecule has 6 heteroatoms. The number of rotatable bonds is 6. The van der Waals surface area contributed by atoms with Gasteiger partial charge >= 0.3 is 0 Å². The molecule has 0 radical (unpaired) electrons. The molecule has 0 atom stereocenters. The van der Waals surface area contributed by atoms with Crippen LogP contribution in [0.15, 0.2) is 72.8 Å². The zero-order valence-electron chi connectivity index (χ0n) is 16.3. The topological polar surface area (TPSA) is 58.6 Å². The number of fused-ring (bicyclic) bond motifs is 1. The third-order valence-electron chi connectivity index (χ3n) is 4.94. The van der Waals surface area contributed by atoms with E-state index in [2.05, 4.69) is 5.32 Å². The third-order valence-corrected chi connectivity index (χ3v) is 5.25. The van der Waals surface area contributed by atoms with Gasteiger partial charge in [-0.25, -0.2) is 0 Å². The van der Waals surface area contributed by atoms with Crippen LogP contribution in [0.5, 0.6) is 5.75 Å². The Morgan fingerprint density at radius 3 is 2.57 bits per heavy atom. The number of nitrogens with zero attached hydrogens (tertiary/aromatic N) is 1. The monoisotopic (exact) mass is 420 g/mol. The maximum atomic E-state index is 12.5. The average Bonchev–Trinajstić information content (AvgIpc) is 2.76. The number of nitrogens with one attached hydrogen (secondary N) is 1. The number of benzene rings is 3. The molecule has 0 fully saturated rings. The Bertz CT molecular complexity index is 1070. The van der Waals surface area contributed by atoms with Crippen LogP contribution in [0.2, 0.25) is 5.02 Å². The fourth-order valence-corrected chi connectivity index (χ4v) is 3.67. The van der Waals surface area contributed by atoms with Gasteiger partial charge in [0.05, 0.1) is 11.6 Å². The zero-order valence-corrected chi connectivity index (χ0v) is 17.1. The summed E-state index contributed by atoms with van der Waals surface area (Å²) in [5.41, 5.74) is 3.68. The van der Waals surface area contributed by atoms with E-state index in [1.54, 1.807) is 29.2 Å². The van der Waals surface area contributed by atoms with Crippen molar-refractivity contribution in [3.05, 3.63) is 88.9 Å². The van der Waals surface area contributed by atoms with Gasteiger partial charge in [0.2, 0.25) is 5.91 Å². The van der Waals surface area contributed by atoms with Crippen molar-refractivity contribution in [3.63, 3.8) is 0 Å². The average molecular weight is 421 g/mol. The Kier molecular flexibility index (Phi) is 6.00. The Hall–Kier alpha value is -3.31. The highest BCUT2D eigenvalue weighted by atomic mass is 35.5. The van der Waals surface area contributed by atoms with Crippen LogP contribution in [0.4, 0.5) is 11.4 Å². The van der Waals surface area contributed by atoms with Crippen molar-refractivity contribution in [2.45, 2.75) is 19.4 Å². The normalized spacial score (nSPS) is 13.0. The molecule has 1 aliphatic heterocycles. The van der Waals surface area contributed by atoms with Crippen molar-refractivity contribution >= 4 is 34.8 Å². The Labute approximate surface area is 180 Å². The Morgan fingerprint density at radius 1 is 1.00 bits per heavy atom. The second kappa shape index (κ2) is 9.01. The standard InChI is InChI=1S/C24H21ClN2O3/c25-20-8-4-5-9-22(20)30-16-23(28)26-19-11-12-21-18(14-19)10-13-24(29)27(21)15-17-6-2-1-3-7-17/h1-9,11-12,14H,10,13,15-16H2,(H,26,28). The van der Waals surface area contributed by atoms with Crippen molar-refractivity contribution in [2.75, 3.05) is 16.8 Å². The summed E-state index contributed by atoms with van der Waals surface area (Å²) in [4.78, 5) is 26.6. The molecule has 4 rings (SSSR count). The van der Waals surface area contributed by atoms with Crippen molar-refractivity contribution in [1.82, 2.24) is 0 Å². The maximum Gasteiger partial charge on any atom is 0.262 e. The number of para-hydroxylation sites is 1. The molecular weight excluding hydrogens is 400 g/mol. The molecule has 0 saturated carbocycles. The number of amides is 2. The lowest BCUT2D eigenvalue weighted by atomic mass is 9.99. The maximum absolute atomic E-state index is 12.5. The quantitative estimate of drug-likeness (QED) is 0.621. The number of carbonyl (C=O) groups excluding carboxylic acids is 2. The molecule has 5 nitrogen and oxygen atoms in total. The lowest BCUT2D eigenvalue weighted by Gasteiger charge is -2.30. The summed E-state index contributed by atoms with van der Waals surface area (Å²) in [6.07, 6.45) is 1.10. The molecule has 3 aromatic rings. The number of aryl methyl sites for hydroxylation is 1. The largest absolute Gasteiger partial charge is 0.482 e. The summed E-state index contributed by atoms with van der Waals surface area (Å²) >= 11 is 6.04. The summed E-state index contributed by atoms with van der Waals surface area (Å²) in [6, 6.07) is 22.6. The van der Waals surface area contributed by atoms with E-state index in [1.165, 1.54) is 0 Å². The predicted octanol–water partition coefficient (Wildman–Crippen LogP) is 4.84. The lowest BCUT2D eigenvalue weighted by molar-refractivity contribution is -0.119. The van der Waals surface area contributed by atoms with E-state index in [1.807, 2.05) is 48.5 Å². The highest BCUT2D eigenvalue weighted by Gasteiger charge is 2.24. The van der Waals surface area contributed by atoms with Crippen LogP contribution in [0, 0.1) is 0 Å². The van der Waals surface area contributed by atoms with Crippen LogP contribution in [0.1, 0.15) is 17.5 Å². The molecule has 0 aliphatic carbocycles. The van der Waals surface area contributed by atoms with Crippen LogP contribution in [0.3, 0.4) is 0 Å². The van der Waals surface area contributed by atoms with Crippen LogP contribution < -0.4 is 15.0 Å². The van der Waals surface area contributed by atoms with Gasteiger partial charge in [0.1, 0.15) is 5.75 Å². The summed E-state index contributed by atoms with van der Waals surface area (Å²) in [5, 5.41) is 3.31. The summed E-state index contributed by atoms with van der Waals surface area (Å²) < 4.78 is 5.48. The second-order valence-corrected chi connectivity index (χ2v) is 7.48. The highest BCUT2D eigenvalue weighted by molar-refractivity contribution is 6.32. The van der Waals surface area contributed by atoms with E-state index >= 15 is 0 Å². The van der Waals surface area contributed by atoms with Crippen LogP contribution in [-0.4, -0.2) is 18.4 Å². The number of anilines is 2. The molecule has 3 aromatic carbocycles. The first-order chi connectivity index (χ1) is 14.6. The van der Waals surface area contributed by atoms with Gasteiger partial charge in [0.25, 0.3) is 5.91 Å². The minimum absolute atomic E-state index is 0.108. The molecule has 2 amide bonds. The fourth-order valence-electron chi connectivity index (χ4n) is 3.48. The molecule has 152 valence electrons. The molecule has 30 heavy (non-hydrogen) atoms. The first-order valence-electron chi connectivity index (χ1n) is 9.74. The number of carbonyl (C=O) groups is 2. The van der Waals surface area contributed by atoms with Crippen molar-refractivity contribution < 1.29 is 14.3 Å². The highest BCUT2D eigenvalue weighted by Crippen LogP contribution is 2.31. The molecule has 1 aliphatic rings. The van der Waals surface area contributed by atoms with Gasteiger partial charge in [-0.2, -0.15) is 0 Å². The van der Waals surface area contributed by atoms with Crippen LogP contribution in [0.25, 0.3) is 0 Å². The zero-order chi connectivity index (χ0) is 20.9. The van der Waals surface area contributed by atoms with Crippen LogP contribution in [-0.2, 0) is 22.6 Å². The van der Waals surface area contributed by atoms with E-state index in [0.717, 1.165) is 16.8 Å². The van der Waals surface area contributed by atoms with Gasteiger partial charge in [-0.3, -0.25) is 9.59 Å². The number of halogens is 1. The first kappa shape index (κ1) is 20.0. The predicted molar refractivity (Wildman–Crippen MR) is 118 cm³/mol. The smallest absolute Gasteiger partial charge is 0.262 e. The SMILES string of the molecule is O=C(COc1ccccc1Cl)Nc1ccc2c(c1)CCC(=O)N2Cc1ccccc1. The molecular formula is C24H21ClN2O3. The number of ether oxygens (including phenoxy) is 1. The van der Waals surface area contributed by atoms with E-state index < -0.39 is 0 Å². The minimum Gasteiger partial charge on any atom is -0.482 e. The molecule has 0 unspecified atom stereocenters. The Morgan fingerprint density at radius 2 is 1.77 bits per heavy atom. The molecule has 0 aromatic heterocycles. The Balaban J connectivity index is 1.43.